The lowest BCUT2D eigenvalue weighted by molar-refractivity contribution is -0.120. The van der Waals surface area contributed by atoms with Gasteiger partial charge < -0.3 is 15.7 Å². The van der Waals surface area contributed by atoms with E-state index >= 15 is 0 Å². The highest BCUT2D eigenvalue weighted by Crippen LogP contribution is 2.10. The first-order valence-corrected chi connectivity index (χ1v) is 6.75. The van der Waals surface area contributed by atoms with Crippen molar-refractivity contribution in [3.05, 3.63) is 29.8 Å². The number of carbonyl (C=O) groups is 2. The maximum Gasteiger partial charge on any atom is 0.224 e. The van der Waals surface area contributed by atoms with Gasteiger partial charge in [0, 0.05) is 25.8 Å². The average molecular weight is 278 g/mol. The van der Waals surface area contributed by atoms with Crippen molar-refractivity contribution < 1.29 is 14.7 Å². The van der Waals surface area contributed by atoms with E-state index in [1.165, 1.54) is 6.92 Å². The van der Waals surface area contributed by atoms with Crippen LogP contribution in [0.25, 0.3) is 0 Å². The Bertz CT molecular complexity index is 443. The van der Waals surface area contributed by atoms with Gasteiger partial charge in [-0.25, -0.2) is 0 Å². The lowest BCUT2D eigenvalue weighted by Gasteiger charge is -2.11. The minimum Gasteiger partial charge on any atom is -0.396 e. The highest BCUT2D eigenvalue weighted by molar-refractivity contribution is 5.88. The van der Waals surface area contributed by atoms with E-state index in [2.05, 4.69) is 10.6 Å². The number of rotatable bonds is 7. The third-order valence-corrected chi connectivity index (χ3v) is 2.91. The molecular weight excluding hydrogens is 256 g/mol. The predicted octanol–water partition coefficient (Wildman–Crippen LogP) is 1.32. The van der Waals surface area contributed by atoms with Gasteiger partial charge in [0.1, 0.15) is 0 Å². The monoisotopic (exact) mass is 278 g/mol. The standard InChI is InChI=1S/C15H22N2O3/c1-11(7-8-18)10-16-15(20)9-13-3-5-14(6-4-13)17-12(2)19/h3-6,11,18H,7-10H2,1-2H3,(H,16,20)(H,17,19). The smallest absolute Gasteiger partial charge is 0.224 e. The molecule has 0 aliphatic heterocycles. The van der Waals surface area contributed by atoms with Crippen LogP contribution in [-0.4, -0.2) is 30.1 Å². The maximum atomic E-state index is 11.7. The van der Waals surface area contributed by atoms with E-state index in [1.807, 2.05) is 19.1 Å². The molecule has 0 aliphatic carbocycles. The number of benzene rings is 1. The molecule has 2 amide bonds. The van der Waals surface area contributed by atoms with Crippen molar-refractivity contribution >= 4 is 17.5 Å². The van der Waals surface area contributed by atoms with Gasteiger partial charge in [0.2, 0.25) is 11.8 Å². The fourth-order valence-electron chi connectivity index (χ4n) is 1.77. The molecule has 0 saturated carbocycles. The van der Waals surface area contributed by atoms with Crippen LogP contribution in [0, 0.1) is 5.92 Å². The van der Waals surface area contributed by atoms with Crippen LogP contribution >= 0.6 is 0 Å². The molecular formula is C15H22N2O3. The Labute approximate surface area is 119 Å². The first kappa shape index (κ1) is 16.2. The van der Waals surface area contributed by atoms with Gasteiger partial charge in [0.15, 0.2) is 0 Å². The van der Waals surface area contributed by atoms with Crippen molar-refractivity contribution in [2.45, 2.75) is 26.7 Å². The number of carbonyl (C=O) groups excluding carboxylic acids is 2. The number of nitrogens with one attached hydrogen (secondary N) is 2. The molecule has 0 radical (unpaired) electrons. The number of hydrogen-bond donors (Lipinski definition) is 3. The van der Waals surface area contributed by atoms with E-state index in [0.717, 1.165) is 11.3 Å². The summed E-state index contributed by atoms with van der Waals surface area (Å²) in [7, 11) is 0. The Kier molecular flexibility index (Phi) is 6.73. The summed E-state index contributed by atoms with van der Waals surface area (Å²) in [5.41, 5.74) is 1.62. The quantitative estimate of drug-likeness (QED) is 0.704. The van der Waals surface area contributed by atoms with E-state index < -0.39 is 0 Å². The van der Waals surface area contributed by atoms with Crippen LogP contribution in [0.3, 0.4) is 0 Å². The Morgan fingerprint density at radius 3 is 2.45 bits per heavy atom. The van der Waals surface area contributed by atoms with Crippen LogP contribution in [0.2, 0.25) is 0 Å². The topological polar surface area (TPSA) is 78.4 Å². The van der Waals surface area contributed by atoms with Gasteiger partial charge in [-0.15, -0.1) is 0 Å². The second kappa shape index (κ2) is 8.32. The minimum atomic E-state index is -0.117. The zero-order valence-corrected chi connectivity index (χ0v) is 12.0. The molecule has 0 spiro atoms. The minimum absolute atomic E-state index is 0.0398. The van der Waals surface area contributed by atoms with Crippen molar-refractivity contribution in [3.8, 4) is 0 Å². The number of anilines is 1. The van der Waals surface area contributed by atoms with Crippen LogP contribution in [0.5, 0.6) is 0 Å². The molecule has 0 saturated heterocycles. The molecule has 0 fully saturated rings. The fourth-order valence-corrected chi connectivity index (χ4v) is 1.77. The first-order valence-electron chi connectivity index (χ1n) is 6.75. The van der Waals surface area contributed by atoms with E-state index in [0.29, 0.717) is 19.4 Å². The van der Waals surface area contributed by atoms with Crippen LogP contribution in [-0.2, 0) is 16.0 Å². The van der Waals surface area contributed by atoms with Crippen molar-refractivity contribution in [1.29, 1.82) is 0 Å². The Hall–Kier alpha value is -1.88. The number of aliphatic hydroxyl groups is 1. The van der Waals surface area contributed by atoms with Crippen molar-refractivity contribution in [3.63, 3.8) is 0 Å². The number of aliphatic hydroxyl groups excluding tert-OH is 1. The normalized spacial score (nSPS) is 11.8. The van der Waals surface area contributed by atoms with Gasteiger partial charge >= 0.3 is 0 Å². The van der Waals surface area contributed by atoms with E-state index in [9.17, 15) is 9.59 Å². The van der Waals surface area contributed by atoms with Gasteiger partial charge in [0.05, 0.1) is 6.42 Å². The molecule has 3 N–H and O–H groups in total. The summed E-state index contributed by atoms with van der Waals surface area (Å²) in [6.07, 6.45) is 0.998. The van der Waals surface area contributed by atoms with E-state index in [4.69, 9.17) is 5.11 Å². The molecule has 1 rings (SSSR count). The molecule has 5 heteroatoms. The maximum absolute atomic E-state index is 11.7. The van der Waals surface area contributed by atoms with Crippen molar-refractivity contribution in [2.24, 2.45) is 5.92 Å². The molecule has 110 valence electrons. The molecule has 0 bridgehead atoms. The summed E-state index contributed by atoms with van der Waals surface area (Å²) in [6, 6.07) is 7.20. The van der Waals surface area contributed by atoms with Gasteiger partial charge in [-0.1, -0.05) is 19.1 Å². The van der Waals surface area contributed by atoms with E-state index in [-0.39, 0.29) is 24.3 Å². The molecule has 1 aromatic rings. The van der Waals surface area contributed by atoms with E-state index in [1.54, 1.807) is 12.1 Å². The lowest BCUT2D eigenvalue weighted by Crippen LogP contribution is -2.29. The SMILES string of the molecule is CC(=O)Nc1ccc(CC(=O)NCC(C)CCO)cc1. The molecule has 20 heavy (non-hydrogen) atoms. The molecule has 0 heterocycles. The van der Waals surface area contributed by atoms with Crippen molar-refractivity contribution in [1.82, 2.24) is 5.32 Å². The Morgan fingerprint density at radius 1 is 1.25 bits per heavy atom. The number of hydrogen-bond acceptors (Lipinski definition) is 3. The Morgan fingerprint density at radius 2 is 1.90 bits per heavy atom. The van der Waals surface area contributed by atoms with Gasteiger partial charge in [-0.05, 0) is 30.0 Å². The number of amides is 2. The van der Waals surface area contributed by atoms with Crippen LogP contribution in [0.15, 0.2) is 24.3 Å². The molecule has 1 atom stereocenters. The second-order valence-electron chi connectivity index (χ2n) is 4.98. The van der Waals surface area contributed by atoms with Crippen LogP contribution < -0.4 is 10.6 Å². The summed E-state index contributed by atoms with van der Waals surface area (Å²) in [6.45, 7) is 4.15. The fraction of sp³-hybridized carbons (Fsp3) is 0.467. The predicted molar refractivity (Wildman–Crippen MR) is 78.3 cm³/mol. The summed E-state index contributed by atoms with van der Waals surface area (Å²) in [5.74, 6) is 0.113. The zero-order chi connectivity index (χ0) is 15.0. The molecule has 0 aliphatic rings. The third-order valence-electron chi connectivity index (χ3n) is 2.91. The second-order valence-corrected chi connectivity index (χ2v) is 4.98. The molecule has 1 aromatic carbocycles. The molecule has 5 nitrogen and oxygen atoms in total. The molecule has 0 aromatic heterocycles. The highest BCUT2D eigenvalue weighted by Gasteiger charge is 2.06. The third kappa shape index (κ3) is 6.33. The summed E-state index contributed by atoms with van der Waals surface area (Å²) in [4.78, 5) is 22.6. The summed E-state index contributed by atoms with van der Waals surface area (Å²) < 4.78 is 0. The highest BCUT2D eigenvalue weighted by atomic mass is 16.3. The summed E-state index contributed by atoms with van der Waals surface area (Å²) in [5, 5.41) is 14.3. The summed E-state index contributed by atoms with van der Waals surface area (Å²) >= 11 is 0. The average Bonchev–Trinajstić information content (AvgIpc) is 2.38. The Balaban J connectivity index is 2.40. The van der Waals surface area contributed by atoms with Gasteiger partial charge in [-0.2, -0.15) is 0 Å². The zero-order valence-electron chi connectivity index (χ0n) is 12.0. The largest absolute Gasteiger partial charge is 0.396 e. The van der Waals surface area contributed by atoms with Crippen LogP contribution in [0.1, 0.15) is 25.8 Å². The molecule has 1 unspecified atom stereocenters. The van der Waals surface area contributed by atoms with Gasteiger partial charge in [-0.3, -0.25) is 9.59 Å². The van der Waals surface area contributed by atoms with Crippen LogP contribution in [0.4, 0.5) is 5.69 Å². The lowest BCUT2D eigenvalue weighted by atomic mass is 10.1. The first-order chi connectivity index (χ1) is 9.51. The van der Waals surface area contributed by atoms with Gasteiger partial charge in [0.25, 0.3) is 0 Å². The van der Waals surface area contributed by atoms with Crippen molar-refractivity contribution in [2.75, 3.05) is 18.5 Å².